The second-order valence-electron chi connectivity index (χ2n) is 5.23. The first-order valence-corrected chi connectivity index (χ1v) is 6.77. The van der Waals surface area contributed by atoms with Gasteiger partial charge in [0.15, 0.2) is 0 Å². The highest BCUT2D eigenvalue weighted by Gasteiger charge is 2.18. The molecule has 0 spiro atoms. The minimum atomic E-state index is -0.384. The van der Waals surface area contributed by atoms with E-state index in [4.69, 9.17) is 0 Å². The Labute approximate surface area is 112 Å². The van der Waals surface area contributed by atoms with Gasteiger partial charge in [-0.3, -0.25) is 10.1 Å². The van der Waals surface area contributed by atoms with Gasteiger partial charge >= 0.3 is 0 Å². The normalized spacial score (nSPS) is 23.2. The van der Waals surface area contributed by atoms with Crippen molar-refractivity contribution < 1.29 is 10.0 Å². The fourth-order valence-electron chi connectivity index (χ4n) is 2.51. The average molecular weight is 264 g/mol. The van der Waals surface area contributed by atoms with E-state index < -0.39 is 0 Å². The van der Waals surface area contributed by atoms with Gasteiger partial charge in [0, 0.05) is 18.7 Å². The van der Waals surface area contributed by atoms with E-state index in [0.717, 1.165) is 44.3 Å². The Morgan fingerprint density at radius 1 is 1.21 bits per heavy atom. The summed E-state index contributed by atoms with van der Waals surface area (Å²) in [7, 11) is 0. The van der Waals surface area contributed by atoms with Crippen LogP contribution in [0.3, 0.4) is 0 Å². The van der Waals surface area contributed by atoms with Crippen LogP contribution in [-0.2, 0) is 6.54 Å². The Bertz CT molecular complexity index is 411. The quantitative estimate of drug-likeness (QED) is 0.631. The lowest BCUT2D eigenvalue weighted by Crippen LogP contribution is -2.27. The van der Waals surface area contributed by atoms with E-state index in [0.29, 0.717) is 5.92 Å². The molecule has 1 aromatic rings. The average Bonchev–Trinajstić information content (AvgIpc) is 2.41. The summed E-state index contributed by atoms with van der Waals surface area (Å²) in [6, 6.07) is 6.65. The van der Waals surface area contributed by atoms with E-state index in [1.165, 1.54) is 12.1 Å². The number of benzene rings is 1. The fraction of sp³-hybridized carbons (Fsp3) is 0.571. The molecular weight excluding hydrogens is 244 g/mol. The zero-order valence-corrected chi connectivity index (χ0v) is 10.9. The SMILES string of the molecule is O=[N+]([O-])c1ccc(CNCC2CCC(O)CC2)cc1. The summed E-state index contributed by atoms with van der Waals surface area (Å²) < 4.78 is 0. The molecule has 19 heavy (non-hydrogen) atoms. The molecule has 2 rings (SSSR count). The van der Waals surface area contributed by atoms with Crippen molar-refractivity contribution in [2.45, 2.75) is 38.3 Å². The third-order valence-electron chi connectivity index (χ3n) is 3.73. The number of nitro benzene ring substituents is 1. The summed E-state index contributed by atoms with van der Waals surface area (Å²) in [5.74, 6) is 0.640. The van der Waals surface area contributed by atoms with E-state index in [9.17, 15) is 15.2 Å². The third kappa shape index (κ3) is 4.29. The van der Waals surface area contributed by atoms with Crippen LogP contribution in [0.15, 0.2) is 24.3 Å². The number of nitrogens with zero attached hydrogens (tertiary/aromatic N) is 1. The van der Waals surface area contributed by atoms with Gasteiger partial charge in [0.25, 0.3) is 5.69 Å². The fourth-order valence-corrected chi connectivity index (χ4v) is 2.51. The molecule has 0 radical (unpaired) electrons. The first-order chi connectivity index (χ1) is 9.15. The predicted molar refractivity (Wildman–Crippen MR) is 72.8 cm³/mol. The molecule has 1 fully saturated rings. The van der Waals surface area contributed by atoms with E-state index in [1.807, 2.05) is 0 Å². The Morgan fingerprint density at radius 3 is 2.42 bits per heavy atom. The molecular formula is C14H20N2O3. The van der Waals surface area contributed by atoms with E-state index >= 15 is 0 Å². The lowest BCUT2D eigenvalue weighted by molar-refractivity contribution is -0.384. The molecule has 5 heteroatoms. The molecule has 0 aliphatic heterocycles. The first kappa shape index (κ1) is 14.0. The molecule has 0 atom stereocenters. The zero-order chi connectivity index (χ0) is 13.7. The van der Waals surface area contributed by atoms with Crippen molar-refractivity contribution in [1.82, 2.24) is 5.32 Å². The summed E-state index contributed by atoms with van der Waals surface area (Å²) in [6.07, 6.45) is 3.86. The van der Waals surface area contributed by atoms with Crippen LogP contribution in [-0.4, -0.2) is 22.7 Å². The number of nitrogens with one attached hydrogen (secondary N) is 1. The molecule has 0 heterocycles. The second kappa shape index (κ2) is 6.63. The summed E-state index contributed by atoms with van der Waals surface area (Å²) in [5, 5.41) is 23.3. The van der Waals surface area contributed by atoms with Crippen molar-refractivity contribution in [1.29, 1.82) is 0 Å². The molecule has 0 saturated heterocycles. The maximum absolute atomic E-state index is 10.5. The Kier molecular flexibility index (Phi) is 4.87. The summed E-state index contributed by atoms with van der Waals surface area (Å²) in [5.41, 5.74) is 1.19. The molecule has 0 aromatic heterocycles. The molecule has 1 aliphatic rings. The number of aliphatic hydroxyl groups excluding tert-OH is 1. The number of nitro groups is 1. The number of aliphatic hydroxyl groups is 1. The summed E-state index contributed by atoms with van der Waals surface area (Å²) in [6.45, 7) is 1.68. The van der Waals surface area contributed by atoms with Gasteiger partial charge in [-0.25, -0.2) is 0 Å². The van der Waals surface area contributed by atoms with Crippen LogP contribution in [0, 0.1) is 16.0 Å². The molecule has 0 unspecified atom stereocenters. The van der Waals surface area contributed by atoms with Gasteiger partial charge in [-0.05, 0) is 43.7 Å². The monoisotopic (exact) mass is 264 g/mol. The standard InChI is InChI=1S/C14H20N2O3/c17-14-7-3-12(4-8-14)10-15-9-11-1-5-13(6-2-11)16(18)19/h1-2,5-6,12,14-15,17H,3-4,7-10H2. The van der Waals surface area contributed by atoms with Gasteiger partial charge in [-0.2, -0.15) is 0 Å². The minimum absolute atomic E-state index is 0.106. The lowest BCUT2D eigenvalue weighted by Gasteiger charge is -2.25. The molecule has 0 amide bonds. The van der Waals surface area contributed by atoms with Gasteiger partial charge in [-0.1, -0.05) is 12.1 Å². The van der Waals surface area contributed by atoms with Crippen molar-refractivity contribution in [3.05, 3.63) is 39.9 Å². The van der Waals surface area contributed by atoms with Crippen LogP contribution in [0.25, 0.3) is 0 Å². The Morgan fingerprint density at radius 2 is 1.84 bits per heavy atom. The van der Waals surface area contributed by atoms with Crippen molar-refractivity contribution in [2.24, 2.45) is 5.92 Å². The lowest BCUT2D eigenvalue weighted by atomic mass is 9.87. The smallest absolute Gasteiger partial charge is 0.269 e. The van der Waals surface area contributed by atoms with E-state index in [-0.39, 0.29) is 16.7 Å². The van der Waals surface area contributed by atoms with Crippen molar-refractivity contribution >= 4 is 5.69 Å². The molecule has 1 aromatic carbocycles. The highest BCUT2D eigenvalue weighted by Crippen LogP contribution is 2.23. The molecule has 2 N–H and O–H groups in total. The minimum Gasteiger partial charge on any atom is -0.393 e. The van der Waals surface area contributed by atoms with Gasteiger partial charge in [0.1, 0.15) is 0 Å². The molecule has 1 aliphatic carbocycles. The van der Waals surface area contributed by atoms with Crippen LogP contribution in [0.2, 0.25) is 0 Å². The number of hydrogen-bond acceptors (Lipinski definition) is 4. The Hall–Kier alpha value is -1.46. The zero-order valence-electron chi connectivity index (χ0n) is 10.9. The van der Waals surface area contributed by atoms with Crippen LogP contribution in [0.1, 0.15) is 31.2 Å². The maximum Gasteiger partial charge on any atom is 0.269 e. The Balaban J connectivity index is 1.72. The highest BCUT2D eigenvalue weighted by molar-refractivity contribution is 5.32. The van der Waals surface area contributed by atoms with Gasteiger partial charge in [-0.15, -0.1) is 0 Å². The maximum atomic E-state index is 10.5. The van der Waals surface area contributed by atoms with Gasteiger partial charge in [0.05, 0.1) is 11.0 Å². The van der Waals surface area contributed by atoms with E-state index in [2.05, 4.69) is 5.32 Å². The molecule has 1 saturated carbocycles. The second-order valence-corrected chi connectivity index (χ2v) is 5.23. The highest BCUT2D eigenvalue weighted by atomic mass is 16.6. The number of rotatable bonds is 5. The molecule has 104 valence electrons. The van der Waals surface area contributed by atoms with Crippen LogP contribution < -0.4 is 5.32 Å². The van der Waals surface area contributed by atoms with Crippen molar-refractivity contribution in [3.8, 4) is 0 Å². The van der Waals surface area contributed by atoms with Crippen LogP contribution in [0.5, 0.6) is 0 Å². The van der Waals surface area contributed by atoms with Gasteiger partial charge in [0.2, 0.25) is 0 Å². The predicted octanol–water partition coefficient (Wildman–Crippen LogP) is 2.24. The molecule has 5 nitrogen and oxygen atoms in total. The largest absolute Gasteiger partial charge is 0.393 e. The van der Waals surface area contributed by atoms with Crippen LogP contribution >= 0.6 is 0 Å². The van der Waals surface area contributed by atoms with Crippen molar-refractivity contribution in [2.75, 3.05) is 6.54 Å². The third-order valence-corrected chi connectivity index (χ3v) is 3.73. The summed E-state index contributed by atoms with van der Waals surface area (Å²) in [4.78, 5) is 10.1. The van der Waals surface area contributed by atoms with E-state index in [1.54, 1.807) is 12.1 Å². The van der Waals surface area contributed by atoms with Crippen LogP contribution in [0.4, 0.5) is 5.69 Å². The van der Waals surface area contributed by atoms with Crippen molar-refractivity contribution in [3.63, 3.8) is 0 Å². The van der Waals surface area contributed by atoms with Gasteiger partial charge < -0.3 is 10.4 Å². The molecule has 0 bridgehead atoms. The number of non-ortho nitro benzene ring substituents is 1. The topological polar surface area (TPSA) is 75.4 Å². The number of hydrogen-bond donors (Lipinski definition) is 2. The first-order valence-electron chi connectivity index (χ1n) is 6.77. The summed E-state index contributed by atoms with van der Waals surface area (Å²) >= 11 is 0.